The maximum Gasteiger partial charge on any atom is 0.284 e. The Morgan fingerprint density at radius 2 is 2.29 bits per heavy atom. The van der Waals surface area contributed by atoms with Gasteiger partial charge in [0.05, 0.1) is 12.5 Å². The average Bonchev–Trinajstić information content (AvgIpc) is 2.79. The second-order valence-corrected chi connectivity index (χ2v) is 4.21. The molecule has 1 N–H and O–H groups in total. The molecule has 7 heteroatoms. The number of hydrogen-bond donors (Lipinski definition) is 1. The highest BCUT2D eigenvalue weighted by molar-refractivity contribution is 7.17. The van der Waals surface area contributed by atoms with Gasteiger partial charge in [0.25, 0.3) is 5.91 Å². The summed E-state index contributed by atoms with van der Waals surface area (Å²) in [7, 11) is 0. The van der Waals surface area contributed by atoms with Crippen molar-refractivity contribution in [3.8, 4) is 6.07 Å². The normalized spacial score (nSPS) is 9.71. The van der Waals surface area contributed by atoms with Crippen molar-refractivity contribution in [1.82, 2.24) is 15.1 Å². The molecule has 17 heavy (non-hydrogen) atoms. The fourth-order valence-corrected chi connectivity index (χ4v) is 2.04. The quantitative estimate of drug-likeness (QED) is 0.827. The number of amides is 1. The summed E-state index contributed by atoms with van der Waals surface area (Å²) in [6.45, 7) is 5.57. The van der Waals surface area contributed by atoms with Crippen LogP contribution < -0.4 is 5.32 Å². The van der Waals surface area contributed by atoms with E-state index >= 15 is 0 Å². The predicted octanol–water partition coefficient (Wildman–Crippen LogP) is 1.35. The SMILES string of the molecule is CCNc1nnc(C(=O)N(CC)CCC#N)s1. The van der Waals surface area contributed by atoms with Crippen molar-refractivity contribution in [3.63, 3.8) is 0 Å². The van der Waals surface area contributed by atoms with Gasteiger partial charge in [-0.15, -0.1) is 10.2 Å². The van der Waals surface area contributed by atoms with Gasteiger partial charge >= 0.3 is 0 Å². The number of rotatable bonds is 6. The topological polar surface area (TPSA) is 81.9 Å². The summed E-state index contributed by atoms with van der Waals surface area (Å²) in [5, 5.41) is 20.2. The number of nitriles is 1. The Labute approximate surface area is 104 Å². The van der Waals surface area contributed by atoms with Crippen LogP contribution in [0.25, 0.3) is 0 Å². The molecule has 92 valence electrons. The Morgan fingerprint density at radius 3 is 2.88 bits per heavy atom. The highest BCUT2D eigenvalue weighted by Gasteiger charge is 2.18. The van der Waals surface area contributed by atoms with Crippen molar-refractivity contribution >= 4 is 22.4 Å². The van der Waals surface area contributed by atoms with Gasteiger partial charge in [0, 0.05) is 19.6 Å². The van der Waals surface area contributed by atoms with E-state index in [0.29, 0.717) is 29.6 Å². The molecule has 0 spiro atoms. The standard InChI is InChI=1S/C10H15N5OS/c1-3-12-10-14-13-8(17-10)9(16)15(4-2)7-5-6-11/h3-5,7H2,1-2H3,(H,12,14). The minimum atomic E-state index is -0.163. The molecule has 1 heterocycles. The van der Waals surface area contributed by atoms with Crippen molar-refractivity contribution in [2.75, 3.05) is 25.0 Å². The fraction of sp³-hybridized carbons (Fsp3) is 0.600. The highest BCUT2D eigenvalue weighted by Crippen LogP contribution is 2.16. The first kappa shape index (κ1) is 13.4. The molecule has 0 unspecified atom stereocenters. The van der Waals surface area contributed by atoms with Gasteiger partial charge in [0.15, 0.2) is 0 Å². The van der Waals surface area contributed by atoms with Crippen LogP contribution in [0.4, 0.5) is 5.13 Å². The van der Waals surface area contributed by atoms with E-state index in [-0.39, 0.29) is 5.91 Å². The molecule has 0 aliphatic carbocycles. The van der Waals surface area contributed by atoms with Crippen LogP contribution in [-0.4, -0.2) is 40.6 Å². The van der Waals surface area contributed by atoms with E-state index in [1.54, 1.807) is 4.90 Å². The summed E-state index contributed by atoms with van der Waals surface area (Å²) in [4.78, 5) is 13.6. The number of anilines is 1. The zero-order valence-electron chi connectivity index (χ0n) is 9.93. The minimum absolute atomic E-state index is 0.163. The lowest BCUT2D eigenvalue weighted by atomic mass is 10.4. The second-order valence-electron chi connectivity index (χ2n) is 3.24. The monoisotopic (exact) mass is 253 g/mol. The maximum atomic E-state index is 12.0. The van der Waals surface area contributed by atoms with Crippen LogP contribution in [0.1, 0.15) is 30.1 Å². The zero-order chi connectivity index (χ0) is 12.7. The van der Waals surface area contributed by atoms with Crippen LogP contribution in [0.3, 0.4) is 0 Å². The minimum Gasteiger partial charge on any atom is -0.360 e. The van der Waals surface area contributed by atoms with Gasteiger partial charge < -0.3 is 10.2 Å². The smallest absolute Gasteiger partial charge is 0.284 e. The van der Waals surface area contributed by atoms with Crippen LogP contribution in [0.2, 0.25) is 0 Å². The molecule has 0 aliphatic rings. The first-order valence-electron chi connectivity index (χ1n) is 5.46. The van der Waals surface area contributed by atoms with E-state index in [1.165, 1.54) is 11.3 Å². The van der Waals surface area contributed by atoms with Crippen molar-refractivity contribution in [2.45, 2.75) is 20.3 Å². The molecule has 0 radical (unpaired) electrons. The number of aromatic nitrogens is 2. The molecule has 0 fully saturated rings. The van der Waals surface area contributed by atoms with Crippen LogP contribution in [-0.2, 0) is 0 Å². The Kier molecular flexibility index (Phi) is 5.36. The first-order chi connectivity index (χ1) is 8.22. The average molecular weight is 253 g/mol. The van der Waals surface area contributed by atoms with E-state index in [4.69, 9.17) is 5.26 Å². The highest BCUT2D eigenvalue weighted by atomic mass is 32.1. The van der Waals surface area contributed by atoms with Gasteiger partial charge in [-0.3, -0.25) is 4.79 Å². The van der Waals surface area contributed by atoms with Crippen LogP contribution in [0.5, 0.6) is 0 Å². The van der Waals surface area contributed by atoms with E-state index in [0.717, 1.165) is 6.54 Å². The van der Waals surface area contributed by atoms with Gasteiger partial charge in [0.2, 0.25) is 10.1 Å². The summed E-state index contributed by atoms with van der Waals surface area (Å²) in [5.74, 6) is -0.163. The van der Waals surface area contributed by atoms with Crippen LogP contribution in [0, 0.1) is 11.3 Å². The third-order valence-electron chi connectivity index (χ3n) is 2.10. The molecule has 1 rings (SSSR count). The van der Waals surface area contributed by atoms with Crippen molar-refractivity contribution in [3.05, 3.63) is 5.01 Å². The Bertz CT molecular complexity index is 411. The molecule has 6 nitrogen and oxygen atoms in total. The molecule has 0 aliphatic heterocycles. The Balaban J connectivity index is 2.69. The number of nitrogens with zero attached hydrogens (tertiary/aromatic N) is 4. The molecule has 0 saturated heterocycles. The molecular formula is C10H15N5OS. The number of carbonyl (C=O) groups is 1. The van der Waals surface area contributed by atoms with E-state index in [1.807, 2.05) is 19.9 Å². The summed E-state index contributed by atoms with van der Waals surface area (Å²) >= 11 is 1.24. The summed E-state index contributed by atoms with van der Waals surface area (Å²) in [6, 6.07) is 2.03. The third-order valence-corrected chi connectivity index (χ3v) is 2.97. The maximum absolute atomic E-state index is 12.0. The summed E-state index contributed by atoms with van der Waals surface area (Å²) < 4.78 is 0. The van der Waals surface area contributed by atoms with Gasteiger partial charge in [-0.1, -0.05) is 11.3 Å². The van der Waals surface area contributed by atoms with E-state index < -0.39 is 0 Å². The second kappa shape index (κ2) is 6.81. The lowest BCUT2D eigenvalue weighted by molar-refractivity contribution is 0.0766. The van der Waals surface area contributed by atoms with Crippen molar-refractivity contribution < 1.29 is 4.79 Å². The number of carbonyl (C=O) groups excluding carboxylic acids is 1. The molecule has 0 atom stereocenters. The number of hydrogen-bond acceptors (Lipinski definition) is 6. The van der Waals surface area contributed by atoms with E-state index in [9.17, 15) is 4.79 Å². The molecule has 1 amide bonds. The van der Waals surface area contributed by atoms with Gasteiger partial charge in [-0.2, -0.15) is 5.26 Å². The lowest BCUT2D eigenvalue weighted by Crippen LogP contribution is -2.31. The van der Waals surface area contributed by atoms with Gasteiger partial charge in [-0.05, 0) is 13.8 Å². The Hall–Kier alpha value is -1.68. The molecule has 1 aromatic heterocycles. The summed E-state index contributed by atoms with van der Waals surface area (Å²) in [6.07, 6.45) is 0.332. The van der Waals surface area contributed by atoms with Crippen LogP contribution in [0.15, 0.2) is 0 Å². The lowest BCUT2D eigenvalue weighted by Gasteiger charge is -2.17. The first-order valence-corrected chi connectivity index (χ1v) is 6.28. The molecule has 0 aromatic carbocycles. The largest absolute Gasteiger partial charge is 0.360 e. The fourth-order valence-electron chi connectivity index (χ4n) is 1.26. The molecular weight excluding hydrogens is 238 g/mol. The number of nitrogens with one attached hydrogen (secondary N) is 1. The van der Waals surface area contributed by atoms with E-state index in [2.05, 4.69) is 15.5 Å². The summed E-state index contributed by atoms with van der Waals surface area (Å²) in [5.41, 5.74) is 0. The van der Waals surface area contributed by atoms with Gasteiger partial charge in [-0.25, -0.2) is 0 Å². The molecule has 1 aromatic rings. The molecule has 0 bridgehead atoms. The van der Waals surface area contributed by atoms with Gasteiger partial charge in [0.1, 0.15) is 0 Å². The zero-order valence-corrected chi connectivity index (χ0v) is 10.8. The molecule has 0 saturated carbocycles. The Morgan fingerprint density at radius 1 is 1.53 bits per heavy atom. The van der Waals surface area contributed by atoms with Crippen LogP contribution >= 0.6 is 11.3 Å². The van der Waals surface area contributed by atoms with Crippen molar-refractivity contribution in [2.24, 2.45) is 0 Å². The third kappa shape index (κ3) is 3.67. The van der Waals surface area contributed by atoms with Crippen molar-refractivity contribution in [1.29, 1.82) is 5.26 Å². The predicted molar refractivity (Wildman–Crippen MR) is 65.9 cm³/mol.